The van der Waals surface area contributed by atoms with Gasteiger partial charge in [0, 0.05) is 11.3 Å². The minimum absolute atomic E-state index is 0.0693. The van der Waals surface area contributed by atoms with Crippen molar-refractivity contribution in [1.29, 1.82) is 0 Å². The Labute approximate surface area is 206 Å². The summed E-state index contributed by atoms with van der Waals surface area (Å²) in [6.07, 6.45) is 0. The summed E-state index contributed by atoms with van der Waals surface area (Å²) in [5.41, 5.74) is 4.97. The standard InChI is InChI=1S/C30H31NO4/c1-18(2)17-35-25-8-6-7-22(16-25)27-26(28(32)23-12-11-20(4)21(5)15-23)29(33)30(34)31(27)24-13-9-19(3)10-14-24/h6-16,18,27,32H,17H2,1-5H3/b28-26-. The maximum atomic E-state index is 13.4. The molecule has 180 valence electrons. The average molecular weight is 470 g/mol. The van der Waals surface area contributed by atoms with Gasteiger partial charge in [-0.05, 0) is 73.7 Å². The Bertz CT molecular complexity index is 1300. The van der Waals surface area contributed by atoms with Gasteiger partial charge in [-0.3, -0.25) is 14.5 Å². The van der Waals surface area contributed by atoms with E-state index in [4.69, 9.17) is 4.74 Å². The highest BCUT2D eigenvalue weighted by atomic mass is 16.5. The first-order chi connectivity index (χ1) is 16.7. The van der Waals surface area contributed by atoms with Crippen LogP contribution in [0.5, 0.6) is 5.75 Å². The van der Waals surface area contributed by atoms with E-state index in [-0.39, 0.29) is 11.3 Å². The maximum absolute atomic E-state index is 13.4. The van der Waals surface area contributed by atoms with Crippen LogP contribution in [0.15, 0.2) is 72.3 Å². The summed E-state index contributed by atoms with van der Waals surface area (Å²) in [6.45, 7) is 10.6. The van der Waals surface area contributed by atoms with E-state index in [1.807, 2.05) is 81.4 Å². The van der Waals surface area contributed by atoms with Gasteiger partial charge in [-0.2, -0.15) is 0 Å². The summed E-state index contributed by atoms with van der Waals surface area (Å²) in [6, 6.07) is 19.6. The highest BCUT2D eigenvalue weighted by Crippen LogP contribution is 2.43. The summed E-state index contributed by atoms with van der Waals surface area (Å²) in [4.78, 5) is 28.2. The Hall–Kier alpha value is -3.86. The number of benzene rings is 3. The second kappa shape index (κ2) is 9.79. The molecule has 1 fully saturated rings. The molecule has 1 atom stereocenters. The molecule has 4 rings (SSSR count). The van der Waals surface area contributed by atoms with Crippen LogP contribution in [0.1, 0.15) is 47.7 Å². The van der Waals surface area contributed by atoms with E-state index < -0.39 is 17.7 Å². The maximum Gasteiger partial charge on any atom is 0.300 e. The molecule has 1 aliphatic heterocycles. The van der Waals surface area contributed by atoms with Gasteiger partial charge in [0.25, 0.3) is 11.7 Å². The number of ether oxygens (including phenoxy) is 1. The number of carbonyl (C=O) groups excluding carboxylic acids is 2. The summed E-state index contributed by atoms with van der Waals surface area (Å²) < 4.78 is 5.92. The molecule has 1 amide bonds. The average Bonchev–Trinajstić information content (AvgIpc) is 3.10. The number of aliphatic hydroxyl groups is 1. The predicted octanol–water partition coefficient (Wildman–Crippen LogP) is 6.27. The van der Waals surface area contributed by atoms with Crippen molar-refractivity contribution in [3.05, 3.63) is 100 Å². The summed E-state index contributed by atoms with van der Waals surface area (Å²) >= 11 is 0. The molecule has 35 heavy (non-hydrogen) atoms. The lowest BCUT2D eigenvalue weighted by Gasteiger charge is -2.26. The smallest absolute Gasteiger partial charge is 0.300 e. The number of aliphatic hydroxyl groups excluding tert-OH is 1. The molecule has 1 saturated heterocycles. The second-order valence-electron chi connectivity index (χ2n) is 9.58. The van der Waals surface area contributed by atoms with Crippen LogP contribution in [0.3, 0.4) is 0 Å². The van der Waals surface area contributed by atoms with Crippen molar-refractivity contribution in [1.82, 2.24) is 0 Å². The molecular formula is C30H31NO4. The molecule has 5 nitrogen and oxygen atoms in total. The van der Waals surface area contributed by atoms with Crippen molar-refractivity contribution in [3.63, 3.8) is 0 Å². The largest absolute Gasteiger partial charge is 0.507 e. The summed E-state index contributed by atoms with van der Waals surface area (Å²) in [5.74, 6) is -0.560. The van der Waals surface area contributed by atoms with Gasteiger partial charge >= 0.3 is 0 Å². The number of ketones is 1. The van der Waals surface area contributed by atoms with Crippen LogP contribution in [-0.4, -0.2) is 23.4 Å². The number of rotatable bonds is 6. The fourth-order valence-electron chi connectivity index (χ4n) is 4.20. The lowest BCUT2D eigenvalue weighted by atomic mass is 9.94. The molecule has 0 saturated carbocycles. The molecule has 1 N–H and O–H groups in total. The van der Waals surface area contributed by atoms with Crippen molar-refractivity contribution < 1.29 is 19.4 Å². The van der Waals surface area contributed by atoms with Crippen molar-refractivity contribution in [3.8, 4) is 5.75 Å². The SMILES string of the molecule is Cc1ccc(N2C(=O)C(=O)/C(=C(\O)c3ccc(C)c(C)c3)C2c2cccc(OCC(C)C)c2)cc1. The third kappa shape index (κ3) is 4.85. The van der Waals surface area contributed by atoms with Crippen LogP contribution >= 0.6 is 0 Å². The molecule has 0 spiro atoms. The molecule has 3 aromatic rings. The molecule has 1 unspecified atom stereocenters. The third-order valence-corrected chi connectivity index (χ3v) is 6.29. The van der Waals surface area contributed by atoms with Gasteiger partial charge in [0.2, 0.25) is 0 Å². The van der Waals surface area contributed by atoms with Gasteiger partial charge in [-0.1, -0.05) is 55.8 Å². The Morgan fingerprint density at radius 2 is 1.66 bits per heavy atom. The van der Waals surface area contributed by atoms with E-state index in [9.17, 15) is 14.7 Å². The quantitative estimate of drug-likeness (QED) is 0.262. The number of nitrogens with zero attached hydrogens (tertiary/aromatic N) is 1. The highest BCUT2D eigenvalue weighted by Gasteiger charge is 2.47. The van der Waals surface area contributed by atoms with E-state index in [1.54, 1.807) is 6.07 Å². The zero-order valence-electron chi connectivity index (χ0n) is 20.8. The Kier molecular flexibility index (Phi) is 6.79. The lowest BCUT2D eigenvalue weighted by molar-refractivity contribution is -0.132. The van der Waals surface area contributed by atoms with E-state index in [2.05, 4.69) is 13.8 Å². The van der Waals surface area contributed by atoms with Crippen LogP contribution in [0.2, 0.25) is 0 Å². The van der Waals surface area contributed by atoms with Crippen molar-refractivity contribution in [2.75, 3.05) is 11.5 Å². The zero-order chi connectivity index (χ0) is 25.3. The van der Waals surface area contributed by atoms with Gasteiger partial charge in [0.05, 0.1) is 18.2 Å². The predicted molar refractivity (Wildman–Crippen MR) is 139 cm³/mol. The number of anilines is 1. The highest BCUT2D eigenvalue weighted by molar-refractivity contribution is 6.51. The van der Waals surface area contributed by atoms with Crippen molar-refractivity contribution in [2.24, 2.45) is 5.92 Å². The van der Waals surface area contributed by atoms with Gasteiger partial charge < -0.3 is 9.84 Å². The number of hydrogen-bond donors (Lipinski definition) is 1. The fourth-order valence-corrected chi connectivity index (χ4v) is 4.20. The first-order valence-electron chi connectivity index (χ1n) is 11.9. The third-order valence-electron chi connectivity index (χ3n) is 6.29. The number of amides is 1. The number of Topliss-reactive ketones (excluding diaryl/α,β-unsaturated/α-hetero) is 1. The van der Waals surface area contributed by atoms with Crippen LogP contribution in [0.25, 0.3) is 5.76 Å². The summed E-state index contributed by atoms with van der Waals surface area (Å²) in [7, 11) is 0. The monoisotopic (exact) mass is 469 g/mol. The first-order valence-corrected chi connectivity index (χ1v) is 11.9. The van der Waals surface area contributed by atoms with Crippen LogP contribution in [-0.2, 0) is 9.59 Å². The topological polar surface area (TPSA) is 66.8 Å². The first kappa shape index (κ1) is 24.3. The number of hydrogen-bond acceptors (Lipinski definition) is 4. The lowest BCUT2D eigenvalue weighted by Crippen LogP contribution is -2.29. The minimum atomic E-state index is -0.790. The Balaban J connectivity index is 1.90. The van der Waals surface area contributed by atoms with Crippen LogP contribution in [0, 0.1) is 26.7 Å². The van der Waals surface area contributed by atoms with Gasteiger partial charge in [0.1, 0.15) is 11.5 Å². The molecule has 5 heteroatoms. The Morgan fingerprint density at radius 1 is 0.943 bits per heavy atom. The molecule has 0 aliphatic carbocycles. The molecular weight excluding hydrogens is 438 g/mol. The van der Waals surface area contributed by atoms with Gasteiger partial charge in [-0.15, -0.1) is 0 Å². The number of aryl methyl sites for hydroxylation is 3. The molecule has 0 aromatic heterocycles. The minimum Gasteiger partial charge on any atom is -0.507 e. The van der Waals surface area contributed by atoms with E-state index in [1.165, 1.54) is 4.90 Å². The summed E-state index contributed by atoms with van der Waals surface area (Å²) in [5, 5.41) is 11.4. The normalized spacial score (nSPS) is 17.3. The number of carbonyl (C=O) groups is 2. The van der Waals surface area contributed by atoms with Crippen LogP contribution in [0.4, 0.5) is 5.69 Å². The van der Waals surface area contributed by atoms with Crippen molar-refractivity contribution >= 4 is 23.1 Å². The zero-order valence-corrected chi connectivity index (χ0v) is 20.8. The second-order valence-corrected chi connectivity index (χ2v) is 9.58. The van der Waals surface area contributed by atoms with E-state index in [0.717, 1.165) is 16.7 Å². The molecule has 0 radical (unpaired) electrons. The Morgan fingerprint density at radius 3 is 2.31 bits per heavy atom. The van der Waals surface area contributed by atoms with Crippen LogP contribution < -0.4 is 9.64 Å². The van der Waals surface area contributed by atoms with E-state index in [0.29, 0.717) is 35.1 Å². The van der Waals surface area contributed by atoms with Gasteiger partial charge in [0.15, 0.2) is 0 Å². The van der Waals surface area contributed by atoms with E-state index >= 15 is 0 Å². The van der Waals surface area contributed by atoms with Crippen molar-refractivity contribution in [2.45, 2.75) is 40.7 Å². The fraction of sp³-hybridized carbons (Fsp3) is 0.267. The molecule has 1 heterocycles. The molecule has 3 aromatic carbocycles. The van der Waals surface area contributed by atoms with Gasteiger partial charge in [-0.25, -0.2) is 0 Å². The molecule has 0 bridgehead atoms. The molecule has 1 aliphatic rings.